The molecule has 0 aliphatic heterocycles. The molecule has 4 nitrogen and oxygen atoms in total. The molecule has 6 atom stereocenters. The van der Waals surface area contributed by atoms with Gasteiger partial charge in [0.15, 0.2) is 0 Å². The molecule has 0 spiro atoms. The fourth-order valence-electron chi connectivity index (χ4n) is 7.00. The van der Waals surface area contributed by atoms with Gasteiger partial charge in [-0.05, 0) is 87.6 Å². The molecule has 0 aromatic carbocycles. The van der Waals surface area contributed by atoms with Crippen LogP contribution in [0.5, 0.6) is 0 Å². The molecule has 1 aromatic heterocycles. The maximum atomic E-state index is 4.91. The summed E-state index contributed by atoms with van der Waals surface area (Å²) in [5.41, 5.74) is 1.75. The second kappa shape index (κ2) is 6.78. The summed E-state index contributed by atoms with van der Waals surface area (Å²) >= 11 is 0. The van der Waals surface area contributed by atoms with E-state index in [-0.39, 0.29) is 0 Å². The summed E-state index contributed by atoms with van der Waals surface area (Å²) in [7, 11) is 2.08. The predicted molar refractivity (Wildman–Crippen MR) is 105 cm³/mol. The minimum absolute atomic E-state index is 0.517. The van der Waals surface area contributed by atoms with Gasteiger partial charge >= 0.3 is 0 Å². The van der Waals surface area contributed by atoms with Crippen LogP contribution in [-0.4, -0.2) is 29.6 Å². The van der Waals surface area contributed by atoms with Gasteiger partial charge < -0.3 is 10.6 Å². The van der Waals surface area contributed by atoms with Crippen molar-refractivity contribution in [2.24, 2.45) is 23.2 Å². The monoisotopic (exact) mass is 354 g/mol. The summed E-state index contributed by atoms with van der Waals surface area (Å²) in [6.07, 6.45) is 16.0. The Bertz CT molecular complexity index is 647. The lowest BCUT2D eigenvalue weighted by Crippen LogP contribution is -2.36. The van der Waals surface area contributed by atoms with Crippen molar-refractivity contribution in [2.75, 3.05) is 18.9 Å². The zero-order chi connectivity index (χ0) is 17.6. The first-order valence-electron chi connectivity index (χ1n) is 11.0. The van der Waals surface area contributed by atoms with Gasteiger partial charge in [-0.3, -0.25) is 0 Å². The van der Waals surface area contributed by atoms with Gasteiger partial charge in [0.25, 0.3) is 0 Å². The van der Waals surface area contributed by atoms with Gasteiger partial charge in [0, 0.05) is 30.4 Å². The molecule has 142 valence electrons. The largest absolute Gasteiger partial charge is 0.354 e. The molecule has 4 fully saturated rings. The second-order valence-corrected chi connectivity index (χ2v) is 9.81. The van der Waals surface area contributed by atoms with E-state index in [2.05, 4.69) is 28.7 Å². The average Bonchev–Trinajstić information content (AvgIpc) is 3.22. The minimum atomic E-state index is 0.517. The smallest absolute Gasteiger partial charge is 0.222 e. The van der Waals surface area contributed by atoms with Crippen LogP contribution < -0.4 is 10.6 Å². The van der Waals surface area contributed by atoms with E-state index in [1.54, 1.807) is 0 Å². The number of rotatable bonds is 5. The maximum absolute atomic E-state index is 4.91. The zero-order valence-corrected chi connectivity index (χ0v) is 16.2. The highest BCUT2D eigenvalue weighted by molar-refractivity contribution is 5.28. The van der Waals surface area contributed by atoms with Gasteiger partial charge in [0.1, 0.15) is 0 Å². The van der Waals surface area contributed by atoms with E-state index in [4.69, 9.17) is 4.98 Å². The highest BCUT2D eigenvalue weighted by Crippen LogP contribution is 2.58. The molecule has 0 amide bonds. The van der Waals surface area contributed by atoms with Crippen molar-refractivity contribution in [1.82, 2.24) is 15.3 Å². The van der Waals surface area contributed by atoms with E-state index in [0.29, 0.717) is 17.4 Å². The van der Waals surface area contributed by atoms with Crippen molar-refractivity contribution < 1.29 is 0 Å². The van der Waals surface area contributed by atoms with Crippen molar-refractivity contribution in [3.05, 3.63) is 18.0 Å². The number of anilines is 1. The van der Waals surface area contributed by atoms with E-state index in [1.807, 2.05) is 6.20 Å². The number of fused-ring (bicyclic) bond motifs is 2. The third kappa shape index (κ3) is 3.15. The molecule has 0 radical (unpaired) electrons. The fraction of sp³-hybridized carbons (Fsp3) is 0.818. The standard InChI is InChI=1S/C22H34N4/c1-23-19-5-4-17(11-19)20-6-8-24-21(26-20)25-14-22-7-2-3-16-9-15(12-22)10-18(16)13-22/h6,8,15-19,23H,2-5,7,9-14H2,1H3,(H,24,25,26)/t15-,16-,17?,18?,19+,22-/m0/s1. The lowest BCUT2D eigenvalue weighted by Gasteiger charge is -2.40. The van der Waals surface area contributed by atoms with E-state index >= 15 is 0 Å². The van der Waals surface area contributed by atoms with Crippen LogP contribution in [0.4, 0.5) is 5.95 Å². The van der Waals surface area contributed by atoms with Crippen LogP contribution in [0.25, 0.3) is 0 Å². The molecule has 3 bridgehead atoms. The Balaban J connectivity index is 1.26. The number of nitrogens with zero attached hydrogens (tertiary/aromatic N) is 2. The van der Waals surface area contributed by atoms with E-state index < -0.39 is 0 Å². The first kappa shape index (κ1) is 17.0. The van der Waals surface area contributed by atoms with Gasteiger partial charge in [-0.25, -0.2) is 9.97 Å². The Hall–Kier alpha value is -1.16. The molecule has 5 rings (SSSR count). The highest BCUT2D eigenvalue weighted by atomic mass is 15.1. The Morgan fingerprint density at radius 2 is 2.04 bits per heavy atom. The van der Waals surface area contributed by atoms with Crippen LogP contribution in [0.15, 0.2) is 12.3 Å². The first-order chi connectivity index (χ1) is 12.7. The lowest BCUT2D eigenvalue weighted by molar-refractivity contribution is 0.137. The summed E-state index contributed by atoms with van der Waals surface area (Å²) in [6.45, 7) is 1.08. The quantitative estimate of drug-likeness (QED) is 0.825. The summed E-state index contributed by atoms with van der Waals surface area (Å²) in [6, 6.07) is 2.78. The summed E-state index contributed by atoms with van der Waals surface area (Å²) in [4.78, 5) is 9.47. The van der Waals surface area contributed by atoms with Crippen molar-refractivity contribution in [3.63, 3.8) is 0 Å². The molecule has 4 aliphatic carbocycles. The molecule has 1 aromatic rings. The van der Waals surface area contributed by atoms with Crippen LogP contribution >= 0.6 is 0 Å². The fourth-order valence-corrected chi connectivity index (χ4v) is 7.00. The van der Waals surface area contributed by atoms with Gasteiger partial charge in [-0.15, -0.1) is 0 Å². The molecular weight excluding hydrogens is 320 g/mol. The third-order valence-corrected chi connectivity index (χ3v) is 8.20. The topological polar surface area (TPSA) is 49.8 Å². The number of nitrogens with one attached hydrogen (secondary N) is 2. The van der Waals surface area contributed by atoms with E-state index in [0.717, 1.165) is 30.2 Å². The van der Waals surface area contributed by atoms with Crippen molar-refractivity contribution in [1.29, 1.82) is 0 Å². The molecule has 4 aliphatic rings. The molecule has 26 heavy (non-hydrogen) atoms. The third-order valence-electron chi connectivity index (χ3n) is 8.20. The first-order valence-corrected chi connectivity index (χ1v) is 11.0. The van der Waals surface area contributed by atoms with Crippen LogP contribution in [-0.2, 0) is 0 Å². The van der Waals surface area contributed by atoms with Crippen LogP contribution in [0, 0.1) is 23.2 Å². The Kier molecular flexibility index (Phi) is 4.42. The molecular formula is C22H34N4. The maximum Gasteiger partial charge on any atom is 0.222 e. The zero-order valence-electron chi connectivity index (χ0n) is 16.2. The van der Waals surface area contributed by atoms with E-state index in [1.165, 1.54) is 69.9 Å². The van der Waals surface area contributed by atoms with Crippen LogP contribution in [0.1, 0.15) is 75.8 Å². The molecule has 2 unspecified atom stereocenters. The predicted octanol–water partition coefficient (Wildman–Crippen LogP) is 4.35. The van der Waals surface area contributed by atoms with Gasteiger partial charge in [0.05, 0.1) is 0 Å². The van der Waals surface area contributed by atoms with Crippen molar-refractivity contribution in [3.8, 4) is 0 Å². The van der Waals surface area contributed by atoms with Crippen molar-refractivity contribution in [2.45, 2.75) is 76.2 Å². The van der Waals surface area contributed by atoms with Crippen LogP contribution in [0.3, 0.4) is 0 Å². The lowest BCUT2D eigenvalue weighted by atomic mass is 9.67. The molecule has 4 heteroatoms. The molecule has 1 heterocycles. The number of hydrogen-bond donors (Lipinski definition) is 2. The molecule has 2 N–H and O–H groups in total. The SMILES string of the molecule is CN[C@@H]1CCC(c2ccnc(NC[C@]34CCC[C@H]5C[C@@H](CC5C3)C4)n2)C1. The number of aromatic nitrogens is 2. The summed E-state index contributed by atoms with van der Waals surface area (Å²) in [5, 5.41) is 7.10. The van der Waals surface area contributed by atoms with Crippen LogP contribution in [0.2, 0.25) is 0 Å². The average molecular weight is 355 g/mol. The Labute approximate surface area is 158 Å². The Morgan fingerprint density at radius 1 is 1.12 bits per heavy atom. The molecule has 0 saturated heterocycles. The second-order valence-electron chi connectivity index (χ2n) is 9.81. The van der Waals surface area contributed by atoms with Gasteiger partial charge in [-0.1, -0.05) is 12.8 Å². The van der Waals surface area contributed by atoms with Gasteiger partial charge in [-0.2, -0.15) is 0 Å². The summed E-state index contributed by atoms with van der Waals surface area (Å²) in [5.74, 6) is 4.53. The minimum Gasteiger partial charge on any atom is -0.354 e. The Morgan fingerprint density at radius 3 is 2.92 bits per heavy atom. The highest BCUT2D eigenvalue weighted by Gasteiger charge is 2.49. The summed E-state index contributed by atoms with van der Waals surface area (Å²) < 4.78 is 0. The number of hydrogen-bond acceptors (Lipinski definition) is 4. The van der Waals surface area contributed by atoms with Crippen molar-refractivity contribution >= 4 is 5.95 Å². The normalized spacial score (nSPS) is 41.3. The van der Waals surface area contributed by atoms with E-state index in [9.17, 15) is 0 Å². The van der Waals surface area contributed by atoms with Gasteiger partial charge in [0.2, 0.25) is 5.95 Å². The molecule has 4 saturated carbocycles.